The molecule has 0 aliphatic carbocycles. The first-order valence-electron chi connectivity index (χ1n) is 10.6. The van der Waals surface area contributed by atoms with Crippen LogP contribution in [0.15, 0.2) is 52.7 Å². The maximum atomic E-state index is 13.0. The standard InChI is InChI=1S/C24H24N4O3S2/c1-16-7-8-19(13-17(16)2)21-15-32-24(26-21)27-23(29)18-9-11-28(12-10-18)33(30,31)22-6-4-3-5-20(22)14-25/h3-8,13,15,18H,9-12H2,1-2H3,(H,26,27,29). The van der Waals surface area contributed by atoms with E-state index in [9.17, 15) is 18.5 Å². The van der Waals surface area contributed by atoms with Crippen LogP contribution in [0.3, 0.4) is 0 Å². The topological polar surface area (TPSA) is 103 Å². The number of aromatic nitrogens is 1. The van der Waals surface area contributed by atoms with Gasteiger partial charge in [-0.3, -0.25) is 4.79 Å². The van der Waals surface area contributed by atoms with Crippen molar-refractivity contribution in [2.45, 2.75) is 31.6 Å². The minimum Gasteiger partial charge on any atom is -0.302 e. The molecule has 1 aliphatic heterocycles. The van der Waals surface area contributed by atoms with Gasteiger partial charge in [0, 0.05) is 30.0 Å². The van der Waals surface area contributed by atoms with Crippen molar-refractivity contribution in [3.8, 4) is 17.3 Å². The second kappa shape index (κ2) is 9.43. The highest BCUT2D eigenvalue weighted by molar-refractivity contribution is 7.89. The third-order valence-corrected chi connectivity index (χ3v) is 8.70. The molecular formula is C24H24N4O3S2. The van der Waals surface area contributed by atoms with Crippen molar-refractivity contribution in [1.82, 2.24) is 9.29 Å². The zero-order valence-electron chi connectivity index (χ0n) is 18.4. The lowest BCUT2D eigenvalue weighted by Crippen LogP contribution is -2.41. The molecule has 1 amide bonds. The third-order valence-electron chi connectivity index (χ3n) is 5.99. The molecule has 1 aromatic heterocycles. The highest BCUT2D eigenvalue weighted by Gasteiger charge is 2.33. The van der Waals surface area contributed by atoms with Gasteiger partial charge in [0.25, 0.3) is 0 Å². The summed E-state index contributed by atoms with van der Waals surface area (Å²) in [7, 11) is -3.78. The Hall–Kier alpha value is -3.06. The van der Waals surface area contributed by atoms with Gasteiger partial charge in [-0.25, -0.2) is 13.4 Å². The van der Waals surface area contributed by atoms with Crippen LogP contribution in [0.1, 0.15) is 29.5 Å². The van der Waals surface area contributed by atoms with E-state index in [0.717, 1.165) is 11.3 Å². The first-order valence-corrected chi connectivity index (χ1v) is 12.9. The molecule has 170 valence electrons. The number of nitrogens with one attached hydrogen (secondary N) is 1. The van der Waals surface area contributed by atoms with Crippen LogP contribution in [-0.2, 0) is 14.8 Å². The number of nitriles is 1. The Morgan fingerprint density at radius 3 is 2.58 bits per heavy atom. The molecule has 1 aliphatic rings. The summed E-state index contributed by atoms with van der Waals surface area (Å²) < 4.78 is 27.3. The molecule has 4 rings (SSSR count). The normalized spacial score (nSPS) is 15.2. The molecule has 0 atom stereocenters. The number of amides is 1. The largest absolute Gasteiger partial charge is 0.302 e. The van der Waals surface area contributed by atoms with Gasteiger partial charge in [-0.05, 0) is 56.0 Å². The minimum absolute atomic E-state index is 0.0112. The van der Waals surface area contributed by atoms with Gasteiger partial charge in [-0.15, -0.1) is 11.3 Å². The average Bonchev–Trinajstić information content (AvgIpc) is 3.29. The van der Waals surface area contributed by atoms with E-state index in [1.807, 2.05) is 17.5 Å². The van der Waals surface area contributed by atoms with E-state index in [0.29, 0.717) is 18.0 Å². The zero-order chi connectivity index (χ0) is 23.6. The molecule has 1 saturated heterocycles. The quantitative estimate of drug-likeness (QED) is 0.585. The second-order valence-corrected chi connectivity index (χ2v) is 10.9. The van der Waals surface area contributed by atoms with E-state index < -0.39 is 10.0 Å². The van der Waals surface area contributed by atoms with Gasteiger partial charge >= 0.3 is 0 Å². The van der Waals surface area contributed by atoms with E-state index in [-0.39, 0.29) is 35.4 Å². The number of piperidine rings is 1. The van der Waals surface area contributed by atoms with Gasteiger partial charge in [0.05, 0.1) is 16.2 Å². The van der Waals surface area contributed by atoms with E-state index in [1.165, 1.54) is 38.9 Å². The van der Waals surface area contributed by atoms with Crippen LogP contribution in [-0.4, -0.2) is 36.7 Å². The summed E-state index contributed by atoms with van der Waals surface area (Å²) >= 11 is 1.37. The Morgan fingerprint density at radius 2 is 1.88 bits per heavy atom. The zero-order valence-corrected chi connectivity index (χ0v) is 20.0. The number of nitrogens with zero attached hydrogens (tertiary/aromatic N) is 3. The van der Waals surface area contributed by atoms with Crippen molar-refractivity contribution >= 4 is 32.4 Å². The van der Waals surface area contributed by atoms with Crippen LogP contribution in [0.4, 0.5) is 5.13 Å². The van der Waals surface area contributed by atoms with Crippen LogP contribution < -0.4 is 5.32 Å². The number of aryl methyl sites for hydroxylation is 2. The van der Waals surface area contributed by atoms with Crippen LogP contribution in [0.25, 0.3) is 11.3 Å². The van der Waals surface area contributed by atoms with Gasteiger partial charge in [0.15, 0.2) is 5.13 Å². The maximum Gasteiger partial charge on any atom is 0.244 e. The molecular weight excluding hydrogens is 456 g/mol. The first-order chi connectivity index (χ1) is 15.8. The van der Waals surface area contributed by atoms with Crippen LogP contribution in [0.5, 0.6) is 0 Å². The molecule has 3 aromatic rings. The van der Waals surface area contributed by atoms with E-state index in [4.69, 9.17) is 0 Å². The van der Waals surface area contributed by atoms with Crippen molar-refractivity contribution in [3.05, 3.63) is 64.5 Å². The number of carbonyl (C=O) groups is 1. The average molecular weight is 481 g/mol. The first kappa shape index (κ1) is 23.1. The Bertz CT molecular complexity index is 1330. The molecule has 7 nitrogen and oxygen atoms in total. The maximum absolute atomic E-state index is 13.0. The highest BCUT2D eigenvalue weighted by atomic mass is 32.2. The van der Waals surface area contributed by atoms with E-state index >= 15 is 0 Å². The molecule has 1 N–H and O–H groups in total. The Morgan fingerprint density at radius 1 is 1.15 bits per heavy atom. The monoisotopic (exact) mass is 480 g/mol. The molecule has 9 heteroatoms. The molecule has 0 unspecified atom stereocenters. The van der Waals surface area contributed by atoms with Gasteiger partial charge in [0.1, 0.15) is 6.07 Å². The third kappa shape index (κ3) is 4.83. The predicted molar refractivity (Wildman–Crippen MR) is 128 cm³/mol. The summed E-state index contributed by atoms with van der Waals surface area (Å²) in [6.07, 6.45) is 0.824. The van der Waals surface area contributed by atoms with E-state index in [1.54, 1.807) is 12.1 Å². The molecule has 0 bridgehead atoms. The van der Waals surface area contributed by atoms with Crippen molar-refractivity contribution in [1.29, 1.82) is 5.26 Å². The van der Waals surface area contributed by atoms with Gasteiger partial charge < -0.3 is 5.32 Å². The van der Waals surface area contributed by atoms with Crippen molar-refractivity contribution < 1.29 is 13.2 Å². The number of rotatable bonds is 5. The minimum atomic E-state index is -3.78. The number of hydrogen-bond acceptors (Lipinski definition) is 6. The van der Waals surface area contributed by atoms with Crippen molar-refractivity contribution in [2.24, 2.45) is 5.92 Å². The SMILES string of the molecule is Cc1ccc(-c2csc(NC(=O)C3CCN(S(=O)(=O)c4ccccc4C#N)CC3)n2)cc1C. The van der Waals surface area contributed by atoms with Gasteiger partial charge in [-0.2, -0.15) is 9.57 Å². The Labute approximate surface area is 197 Å². The summed E-state index contributed by atoms with van der Waals surface area (Å²) in [5.74, 6) is -0.443. The van der Waals surface area contributed by atoms with Gasteiger partial charge in [-0.1, -0.05) is 24.3 Å². The fraction of sp³-hybridized carbons (Fsp3) is 0.292. The molecule has 0 radical (unpaired) electrons. The molecule has 1 fully saturated rings. The number of benzene rings is 2. The molecule has 2 aromatic carbocycles. The Balaban J connectivity index is 1.39. The summed E-state index contributed by atoms with van der Waals surface area (Å²) in [6, 6.07) is 14.3. The number of anilines is 1. The smallest absolute Gasteiger partial charge is 0.244 e. The number of hydrogen-bond donors (Lipinski definition) is 1. The van der Waals surface area contributed by atoms with Crippen LogP contribution in [0, 0.1) is 31.1 Å². The fourth-order valence-corrected chi connectivity index (χ4v) is 6.19. The Kier molecular flexibility index (Phi) is 6.61. The molecule has 0 saturated carbocycles. The summed E-state index contributed by atoms with van der Waals surface area (Å²) in [5, 5.41) is 14.6. The lowest BCUT2D eigenvalue weighted by molar-refractivity contribution is -0.120. The number of thiazole rings is 1. The highest BCUT2D eigenvalue weighted by Crippen LogP contribution is 2.29. The lowest BCUT2D eigenvalue weighted by Gasteiger charge is -2.30. The molecule has 33 heavy (non-hydrogen) atoms. The number of carbonyl (C=O) groups excluding carboxylic acids is 1. The molecule has 2 heterocycles. The lowest BCUT2D eigenvalue weighted by atomic mass is 9.97. The predicted octanol–water partition coefficient (Wildman–Crippen LogP) is 4.34. The summed E-state index contributed by atoms with van der Waals surface area (Å²) in [6.45, 7) is 4.57. The fourth-order valence-electron chi connectivity index (χ4n) is 3.85. The summed E-state index contributed by atoms with van der Waals surface area (Å²) in [5.41, 5.74) is 4.35. The van der Waals surface area contributed by atoms with E-state index in [2.05, 4.69) is 36.3 Å². The van der Waals surface area contributed by atoms with Crippen molar-refractivity contribution in [3.63, 3.8) is 0 Å². The summed E-state index contributed by atoms with van der Waals surface area (Å²) in [4.78, 5) is 17.3. The second-order valence-electron chi connectivity index (χ2n) is 8.11. The van der Waals surface area contributed by atoms with Crippen LogP contribution in [0.2, 0.25) is 0 Å². The molecule has 0 spiro atoms. The van der Waals surface area contributed by atoms with Crippen LogP contribution >= 0.6 is 11.3 Å². The number of sulfonamides is 1. The van der Waals surface area contributed by atoms with Gasteiger partial charge in [0.2, 0.25) is 15.9 Å². The van der Waals surface area contributed by atoms with Crippen molar-refractivity contribution in [2.75, 3.05) is 18.4 Å².